The summed E-state index contributed by atoms with van der Waals surface area (Å²) in [5, 5.41) is 3.76. The lowest BCUT2D eigenvalue weighted by Crippen LogP contribution is -2.32. The van der Waals surface area contributed by atoms with Crippen molar-refractivity contribution in [2.75, 3.05) is 17.3 Å². The number of aromatic amines is 1. The second-order valence-electron chi connectivity index (χ2n) is 7.06. The van der Waals surface area contributed by atoms with Crippen molar-refractivity contribution in [1.29, 1.82) is 0 Å². The summed E-state index contributed by atoms with van der Waals surface area (Å²) in [4.78, 5) is 29.1. The lowest BCUT2D eigenvalue weighted by atomic mass is 9.91. The minimum absolute atomic E-state index is 0.0996. The predicted molar refractivity (Wildman–Crippen MR) is 103 cm³/mol. The zero-order valence-corrected chi connectivity index (χ0v) is 15.2. The molecule has 0 saturated heterocycles. The van der Waals surface area contributed by atoms with Crippen molar-refractivity contribution in [1.82, 2.24) is 4.98 Å². The summed E-state index contributed by atoms with van der Waals surface area (Å²) in [5.41, 5.74) is 4.14. The van der Waals surface area contributed by atoms with E-state index in [1.165, 1.54) is 12.1 Å². The lowest BCUT2D eigenvalue weighted by Gasteiger charge is -2.30. The van der Waals surface area contributed by atoms with Gasteiger partial charge in [0.15, 0.2) is 0 Å². The van der Waals surface area contributed by atoms with Crippen LogP contribution in [0, 0.1) is 5.82 Å². The first-order valence-corrected chi connectivity index (χ1v) is 8.88. The van der Waals surface area contributed by atoms with E-state index in [2.05, 4.69) is 10.3 Å². The van der Waals surface area contributed by atoms with Crippen LogP contribution >= 0.6 is 0 Å². The quantitative estimate of drug-likeness (QED) is 0.738. The van der Waals surface area contributed by atoms with Crippen LogP contribution in [-0.4, -0.2) is 23.8 Å². The number of carbonyl (C=O) groups excluding carboxylic acids is 2. The Hall–Kier alpha value is -3.15. The second kappa shape index (κ2) is 6.54. The van der Waals surface area contributed by atoms with Crippen molar-refractivity contribution in [2.45, 2.75) is 25.7 Å². The maximum absolute atomic E-state index is 13.3. The van der Waals surface area contributed by atoms with Gasteiger partial charge in [-0.3, -0.25) is 9.59 Å². The van der Waals surface area contributed by atoms with Crippen molar-refractivity contribution in [3.8, 4) is 0 Å². The first-order valence-electron chi connectivity index (χ1n) is 8.88. The van der Waals surface area contributed by atoms with Crippen molar-refractivity contribution >= 4 is 34.1 Å². The molecule has 0 bridgehead atoms. The van der Waals surface area contributed by atoms with Crippen LogP contribution in [0.1, 0.15) is 30.4 Å². The molecule has 2 heterocycles. The number of fused-ring (bicyclic) bond motifs is 2. The van der Waals surface area contributed by atoms with Crippen molar-refractivity contribution in [3.05, 3.63) is 59.5 Å². The zero-order chi connectivity index (χ0) is 19.1. The normalized spacial score (nSPS) is 16.5. The van der Waals surface area contributed by atoms with Gasteiger partial charge in [-0.15, -0.1) is 0 Å². The number of rotatable bonds is 3. The van der Waals surface area contributed by atoms with E-state index >= 15 is 0 Å². The molecular formula is C21H20FN3O2. The number of hydrogen-bond acceptors (Lipinski definition) is 2. The van der Waals surface area contributed by atoms with Gasteiger partial charge in [-0.1, -0.05) is 6.92 Å². The number of nitrogens with zero attached hydrogens (tertiary/aromatic N) is 1. The predicted octanol–water partition coefficient (Wildman–Crippen LogP) is 3.96. The second-order valence-corrected chi connectivity index (χ2v) is 7.06. The minimum atomic E-state index is -0.313. The van der Waals surface area contributed by atoms with Gasteiger partial charge in [0.1, 0.15) is 5.82 Å². The summed E-state index contributed by atoms with van der Waals surface area (Å²) in [7, 11) is 1.77. The van der Waals surface area contributed by atoms with Gasteiger partial charge in [0.25, 0.3) is 0 Å². The van der Waals surface area contributed by atoms with Gasteiger partial charge >= 0.3 is 0 Å². The van der Waals surface area contributed by atoms with Gasteiger partial charge in [0, 0.05) is 41.9 Å². The number of aromatic nitrogens is 1. The topological polar surface area (TPSA) is 65.2 Å². The molecule has 3 aromatic rings. The molecule has 2 N–H and O–H groups in total. The average molecular weight is 365 g/mol. The highest BCUT2D eigenvalue weighted by molar-refractivity contribution is 5.99. The fourth-order valence-corrected chi connectivity index (χ4v) is 3.66. The number of anilines is 2. The van der Waals surface area contributed by atoms with E-state index in [0.717, 1.165) is 22.2 Å². The molecule has 4 rings (SSSR count). The molecule has 1 atom stereocenters. The maximum atomic E-state index is 13.3. The number of nitrogens with one attached hydrogen (secondary N) is 2. The summed E-state index contributed by atoms with van der Waals surface area (Å²) in [6, 6.07) is 10.1. The molecule has 6 heteroatoms. The first-order chi connectivity index (χ1) is 12.9. The fraction of sp³-hybridized carbons (Fsp3) is 0.238. The minimum Gasteiger partial charge on any atom is -0.361 e. The molecule has 1 unspecified atom stereocenters. The highest BCUT2D eigenvalue weighted by Crippen LogP contribution is 2.36. The van der Waals surface area contributed by atoms with E-state index in [1.807, 2.05) is 25.1 Å². The van der Waals surface area contributed by atoms with Gasteiger partial charge < -0.3 is 15.2 Å². The summed E-state index contributed by atoms with van der Waals surface area (Å²) in [5.74, 6) is -0.244. The Morgan fingerprint density at radius 3 is 2.93 bits per heavy atom. The molecular weight excluding hydrogens is 345 g/mol. The third-order valence-electron chi connectivity index (χ3n) is 5.14. The summed E-state index contributed by atoms with van der Waals surface area (Å²) < 4.78 is 13.3. The molecule has 0 saturated carbocycles. The Morgan fingerprint density at radius 1 is 1.30 bits per heavy atom. The number of amides is 2. The molecule has 0 spiro atoms. The standard InChI is InChI=1S/C21H20FN3O2/c1-12-7-21(27)25(2)19-6-4-15(10-17(12)19)24-20(26)8-13-11-23-18-9-14(22)3-5-16(13)18/h3-6,9-12,23H,7-8H2,1-2H3,(H,24,26). The molecule has 5 nitrogen and oxygen atoms in total. The molecule has 0 radical (unpaired) electrons. The summed E-state index contributed by atoms with van der Waals surface area (Å²) >= 11 is 0. The van der Waals surface area contributed by atoms with E-state index in [-0.39, 0.29) is 30.0 Å². The van der Waals surface area contributed by atoms with Crippen molar-refractivity contribution in [3.63, 3.8) is 0 Å². The van der Waals surface area contributed by atoms with Crippen LogP contribution in [0.4, 0.5) is 15.8 Å². The van der Waals surface area contributed by atoms with Crippen LogP contribution < -0.4 is 10.2 Å². The molecule has 2 aromatic carbocycles. The molecule has 2 amide bonds. The van der Waals surface area contributed by atoms with Crippen LogP contribution in [0.25, 0.3) is 10.9 Å². The number of halogens is 1. The van der Waals surface area contributed by atoms with Crippen LogP contribution in [0.15, 0.2) is 42.6 Å². The van der Waals surface area contributed by atoms with Crippen molar-refractivity contribution in [2.24, 2.45) is 0 Å². The highest BCUT2D eigenvalue weighted by atomic mass is 19.1. The monoisotopic (exact) mass is 365 g/mol. The van der Waals surface area contributed by atoms with Gasteiger partial charge in [0.2, 0.25) is 11.8 Å². The maximum Gasteiger partial charge on any atom is 0.228 e. The molecule has 1 aromatic heterocycles. The lowest BCUT2D eigenvalue weighted by molar-refractivity contribution is -0.119. The average Bonchev–Trinajstić information content (AvgIpc) is 3.01. The van der Waals surface area contributed by atoms with E-state index in [1.54, 1.807) is 24.2 Å². The van der Waals surface area contributed by atoms with Crippen molar-refractivity contribution < 1.29 is 14.0 Å². The van der Waals surface area contributed by atoms with E-state index in [4.69, 9.17) is 0 Å². The zero-order valence-electron chi connectivity index (χ0n) is 15.2. The van der Waals surface area contributed by atoms with Crippen LogP contribution in [0.2, 0.25) is 0 Å². The van der Waals surface area contributed by atoms with Gasteiger partial charge in [-0.25, -0.2) is 4.39 Å². The van der Waals surface area contributed by atoms with E-state index < -0.39 is 0 Å². The first kappa shape index (κ1) is 17.3. The van der Waals surface area contributed by atoms with Crippen LogP contribution in [0.3, 0.4) is 0 Å². The molecule has 1 aliphatic rings. The Kier molecular flexibility index (Phi) is 4.18. The number of hydrogen-bond donors (Lipinski definition) is 2. The Morgan fingerprint density at radius 2 is 2.11 bits per heavy atom. The SMILES string of the molecule is CC1CC(=O)N(C)c2ccc(NC(=O)Cc3c[nH]c4cc(F)ccc34)cc21. The fourth-order valence-electron chi connectivity index (χ4n) is 3.66. The van der Waals surface area contributed by atoms with Gasteiger partial charge in [-0.2, -0.15) is 0 Å². The van der Waals surface area contributed by atoms with Gasteiger partial charge in [0.05, 0.1) is 6.42 Å². The Balaban J connectivity index is 1.53. The largest absolute Gasteiger partial charge is 0.361 e. The molecule has 27 heavy (non-hydrogen) atoms. The third-order valence-corrected chi connectivity index (χ3v) is 5.14. The number of carbonyl (C=O) groups is 2. The summed E-state index contributed by atoms with van der Waals surface area (Å²) in [6.07, 6.45) is 2.39. The summed E-state index contributed by atoms with van der Waals surface area (Å²) in [6.45, 7) is 2.01. The third kappa shape index (κ3) is 3.18. The highest BCUT2D eigenvalue weighted by Gasteiger charge is 2.26. The number of benzene rings is 2. The number of H-pyrrole nitrogens is 1. The van der Waals surface area contributed by atoms with E-state index in [0.29, 0.717) is 17.6 Å². The van der Waals surface area contributed by atoms with Crippen LogP contribution in [-0.2, 0) is 16.0 Å². The molecule has 138 valence electrons. The smallest absolute Gasteiger partial charge is 0.228 e. The molecule has 0 aliphatic carbocycles. The van der Waals surface area contributed by atoms with Crippen LogP contribution in [0.5, 0.6) is 0 Å². The van der Waals surface area contributed by atoms with E-state index in [9.17, 15) is 14.0 Å². The Bertz CT molecular complexity index is 1060. The Labute approximate surface area is 156 Å². The van der Waals surface area contributed by atoms with Gasteiger partial charge in [-0.05, 0) is 53.4 Å². The molecule has 1 aliphatic heterocycles. The molecule has 0 fully saturated rings.